The van der Waals surface area contributed by atoms with Gasteiger partial charge in [0.05, 0.1) is 17.6 Å². The summed E-state index contributed by atoms with van der Waals surface area (Å²) in [5.74, 6) is 0. The number of aromatic nitrogens is 3. The van der Waals surface area contributed by atoms with E-state index in [1.165, 1.54) is 5.56 Å². The Kier molecular flexibility index (Phi) is 4.74. The number of aryl methyl sites for hydroxylation is 1. The third-order valence-electron chi connectivity index (χ3n) is 4.13. The highest BCUT2D eigenvalue weighted by molar-refractivity contribution is 5.89. The second-order valence-corrected chi connectivity index (χ2v) is 6.19. The summed E-state index contributed by atoms with van der Waals surface area (Å²) < 4.78 is 1.86. The number of hydrogen-bond acceptors (Lipinski definition) is 4. The fraction of sp³-hybridized carbons (Fsp3) is 0.0455. The molecule has 0 radical (unpaired) electrons. The number of nitrogens with one attached hydrogen (secondary N) is 1. The maximum atomic E-state index is 4.76. The Morgan fingerprint density at radius 1 is 0.963 bits per heavy atom. The average molecular weight is 353 g/mol. The number of nitrogens with zero attached hydrogens (tertiary/aromatic N) is 4. The number of para-hydroxylation sites is 1. The van der Waals surface area contributed by atoms with Crippen molar-refractivity contribution in [2.45, 2.75) is 6.92 Å². The first-order valence-electron chi connectivity index (χ1n) is 8.71. The van der Waals surface area contributed by atoms with Crippen molar-refractivity contribution in [2.75, 3.05) is 5.43 Å². The maximum absolute atomic E-state index is 4.76. The van der Waals surface area contributed by atoms with Crippen LogP contribution >= 0.6 is 0 Å². The van der Waals surface area contributed by atoms with E-state index in [4.69, 9.17) is 5.10 Å². The van der Waals surface area contributed by atoms with E-state index >= 15 is 0 Å². The van der Waals surface area contributed by atoms with Gasteiger partial charge in [0.1, 0.15) is 5.69 Å². The van der Waals surface area contributed by atoms with E-state index in [9.17, 15) is 0 Å². The Balaban J connectivity index is 1.68. The van der Waals surface area contributed by atoms with E-state index in [1.807, 2.05) is 65.5 Å². The van der Waals surface area contributed by atoms with Crippen LogP contribution < -0.4 is 5.43 Å². The zero-order chi connectivity index (χ0) is 18.5. The summed E-state index contributed by atoms with van der Waals surface area (Å²) in [5.41, 5.74) is 8.99. The first-order valence-corrected chi connectivity index (χ1v) is 8.71. The van der Waals surface area contributed by atoms with Gasteiger partial charge in [-0.25, -0.2) is 4.68 Å². The summed E-state index contributed by atoms with van der Waals surface area (Å²) in [7, 11) is 0. The van der Waals surface area contributed by atoms with Crippen molar-refractivity contribution in [3.63, 3.8) is 0 Å². The minimum Gasteiger partial charge on any atom is -0.278 e. The van der Waals surface area contributed by atoms with Crippen LogP contribution in [0, 0.1) is 6.92 Å². The molecule has 5 nitrogen and oxygen atoms in total. The first-order chi connectivity index (χ1) is 13.3. The molecular formula is C22H19N5. The van der Waals surface area contributed by atoms with Gasteiger partial charge in [0.25, 0.3) is 0 Å². The van der Waals surface area contributed by atoms with Gasteiger partial charge in [-0.1, -0.05) is 30.3 Å². The van der Waals surface area contributed by atoms with E-state index in [-0.39, 0.29) is 0 Å². The fourth-order valence-corrected chi connectivity index (χ4v) is 2.82. The molecule has 132 valence electrons. The van der Waals surface area contributed by atoms with Gasteiger partial charge in [0.15, 0.2) is 0 Å². The molecule has 4 aromatic rings. The minimum absolute atomic E-state index is 0.857. The molecule has 0 aliphatic heterocycles. The molecule has 2 aromatic heterocycles. The molecule has 2 aromatic carbocycles. The summed E-state index contributed by atoms with van der Waals surface area (Å²) in [4.78, 5) is 4.10. The zero-order valence-electron chi connectivity index (χ0n) is 14.9. The number of benzene rings is 2. The van der Waals surface area contributed by atoms with E-state index in [0.29, 0.717) is 0 Å². The SMILES string of the molecule is Cc1cccc(N/N=C\c2cn(-c3ccccc3)nc2-c2ccncc2)c1. The molecule has 0 saturated heterocycles. The zero-order valence-corrected chi connectivity index (χ0v) is 14.9. The first kappa shape index (κ1) is 16.7. The summed E-state index contributed by atoms with van der Waals surface area (Å²) in [6.45, 7) is 2.06. The van der Waals surface area contributed by atoms with Crippen molar-refractivity contribution in [3.05, 3.63) is 96.4 Å². The molecule has 27 heavy (non-hydrogen) atoms. The van der Waals surface area contributed by atoms with Crippen LogP contribution in [0.3, 0.4) is 0 Å². The van der Waals surface area contributed by atoms with Crippen LogP contribution in [-0.4, -0.2) is 21.0 Å². The van der Waals surface area contributed by atoms with Crippen LogP contribution in [0.25, 0.3) is 16.9 Å². The van der Waals surface area contributed by atoms with Crippen LogP contribution in [0.2, 0.25) is 0 Å². The average Bonchev–Trinajstić information content (AvgIpc) is 3.14. The summed E-state index contributed by atoms with van der Waals surface area (Å²) >= 11 is 0. The van der Waals surface area contributed by atoms with Crippen LogP contribution in [0.15, 0.2) is 90.4 Å². The van der Waals surface area contributed by atoms with Gasteiger partial charge >= 0.3 is 0 Å². The van der Waals surface area contributed by atoms with Gasteiger partial charge in [-0.2, -0.15) is 10.2 Å². The van der Waals surface area contributed by atoms with Gasteiger partial charge in [-0.15, -0.1) is 0 Å². The summed E-state index contributed by atoms with van der Waals surface area (Å²) in [6.07, 6.45) is 7.31. The third-order valence-corrected chi connectivity index (χ3v) is 4.13. The molecule has 0 fully saturated rings. The van der Waals surface area contributed by atoms with Gasteiger partial charge in [-0.3, -0.25) is 10.4 Å². The summed E-state index contributed by atoms with van der Waals surface area (Å²) in [6, 6.07) is 22.0. The lowest BCUT2D eigenvalue weighted by Gasteiger charge is -2.01. The second-order valence-electron chi connectivity index (χ2n) is 6.19. The summed E-state index contributed by atoms with van der Waals surface area (Å²) in [5, 5.41) is 9.16. The van der Waals surface area contributed by atoms with Gasteiger partial charge in [-0.05, 0) is 48.9 Å². The molecule has 0 aliphatic carbocycles. The highest BCUT2D eigenvalue weighted by Crippen LogP contribution is 2.22. The monoisotopic (exact) mass is 353 g/mol. The van der Waals surface area contributed by atoms with E-state index in [0.717, 1.165) is 28.2 Å². The van der Waals surface area contributed by atoms with Crippen molar-refractivity contribution in [3.8, 4) is 16.9 Å². The number of rotatable bonds is 5. The fourth-order valence-electron chi connectivity index (χ4n) is 2.82. The Morgan fingerprint density at radius 2 is 1.78 bits per heavy atom. The Labute approximate surface area is 158 Å². The molecular weight excluding hydrogens is 334 g/mol. The van der Waals surface area contributed by atoms with E-state index in [2.05, 4.69) is 34.6 Å². The largest absolute Gasteiger partial charge is 0.278 e. The molecule has 0 unspecified atom stereocenters. The quantitative estimate of drug-likeness (QED) is 0.418. The topological polar surface area (TPSA) is 55.1 Å². The normalized spacial score (nSPS) is 11.0. The van der Waals surface area contributed by atoms with Crippen molar-refractivity contribution < 1.29 is 0 Å². The van der Waals surface area contributed by atoms with Crippen molar-refractivity contribution in [1.82, 2.24) is 14.8 Å². The molecule has 0 bridgehead atoms. The Bertz CT molecular complexity index is 1050. The lowest BCUT2D eigenvalue weighted by Crippen LogP contribution is -1.93. The smallest absolute Gasteiger partial charge is 0.102 e. The third kappa shape index (κ3) is 3.93. The molecule has 0 atom stereocenters. The molecule has 0 amide bonds. The van der Waals surface area contributed by atoms with Crippen LogP contribution in [0.5, 0.6) is 0 Å². The van der Waals surface area contributed by atoms with Gasteiger partial charge < -0.3 is 0 Å². The number of pyridine rings is 1. The number of hydrazone groups is 1. The maximum Gasteiger partial charge on any atom is 0.102 e. The van der Waals surface area contributed by atoms with E-state index in [1.54, 1.807) is 18.6 Å². The predicted molar refractivity (Wildman–Crippen MR) is 109 cm³/mol. The second kappa shape index (κ2) is 7.66. The molecule has 2 heterocycles. The van der Waals surface area contributed by atoms with Crippen LogP contribution in [-0.2, 0) is 0 Å². The molecule has 0 aliphatic rings. The minimum atomic E-state index is 0.857. The number of anilines is 1. The van der Waals surface area contributed by atoms with Crippen LogP contribution in [0.4, 0.5) is 5.69 Å². The predicted octanol–water partition coefficient (Wildman–Crippen LogP) is 4.69. The molecule has 1 N–H and O–H groups in total. The highest BCUT2D eigenvalue weighted by Gasteiger charge is 2.10. The van der Waals surface area contributed by atoms with Crippen molar-refractivity contribution in [1.29, 1.82) is 0 Å². The van der Waals surface area contributed by atoms with Crippen molar-refractivity contribution in [2.24, 2.45) is 5.10 Å². The molecule has 4 rings (SSSR count). The lowest BCUT2D eigenvalue weighted by molar-refractivity contribution is 0.884. The molecule has 0 spiro atoms. The standard InChI is InChI=1S/C22H19N5/c1-17-6-5-7-20(14-17)25-24-15-19-16-27(21-8-3-2-4-9-21)26-22(19)18-10-12-23-13-11-18/h2-16,25H,1H3/b24-15-. The lowest BCUT2D eigenvalue weighted by atomic mass is 10.1. The van der Waals surface area contributed by atoms with Gasteiger partial charge in [0.2, 0.25) is 0 Å². The molecule has 0 saturated carbocycles. The van der Waals surface area contributed by atoms with Crippen LogP contribution in [0.1, 0.15) is 11.1 Å². The van der Waals surface area contributed by atoms with E-state index < -0.39 is 0 Å². The highest BCUT2D eigenvalue weighted by atomic mass is 15.3. The van der Waals surface area contributed by atoms with Gasteiger partial charge in [0, 0.05) is 29.7 Å². The molecule has 5 heteroatoms. The van der Waals surface area contributed by atoms with Crippen molar-refractivity contribution >= 4 is 11.9 Å². The Hall–Kier alpha value is -3.73. The Morgan fingerprint density at radius 3 is 2.56 bits per heavy atom. The number of hydrogen-bond donors (Lipinski definition) is 1.